The van der Waals surface area contributed by atoms with Gasteiger partial charge >= 0.3 is 5.97 Å². The van der Waals surface area contributed by atoms with Gasteiger partial charge in [-0.15, -0.1) is 0 Å². The van der Waals surface area contributed by atoms with Crippen LogP contribution in [0.1, 0.15) is 49.4 Å². The van der Waals surface area contributed by atoms with Crippen LogP contribution < -0.4 is 16.0 Å². The highest BCUT2D eigenvalue weighted by molar-refractivity contribution is 6.00. The van der Waals surface area contributed by atoms with E-state index in [-0.39, 0.29) is 43.2 Å². The van der Waals surface area contributed by atoms with Crippen molar-refractivity contribution in [2.24, 2.45) is 0 Å². The van der Waals surface area contributed by atoms with Gasteiger partial charge in [-0.1, -0.05) is 0 Å². The van der Waals surface area contributed by atoms with Crippen molar-refractivity contribution < 1.29 is 33.5 Å². The van der Waals surface area contributed by atoms with Crippen LogP contribution in [-0.4, -0.2) is 76.8 Å². The lowest BCUT2D eigenvalue weighted by Gasteiger charge is -2.43. The Morgan fingerprint density at radius 2 is 1.77 bits per heavy atom. The highest BCUT2D eigenvalue weighted by Gasteiger charge is 2.45. The number of nitrogens with one attached hydrogen (secondary N) is 3. The zero-order chi connectivity index (χ0) is 25.1. The molecule has 186 valence electrons. The third kappa shape index (κ3) is 5.42. The molecule has 12 heteroatoms. The fraction of sp³-hybridized carbons (Fsp3) is 0.478. The lowest BCUT2D eigenvalue weighted by atomic mass is 10.0. The molecule has 1 aromatic rings. The van der Waals surface area contributed by atoms with Gasteiger partial charge < -0.3 is 20.7 Å². The number of hydrogen-bond acceptors (Lipinski definition) is 7. The second kappa shape index (κ2) is 10.1. The molecule has 0 saturated carbocycles. The first kappa shape index (κ1) is 24.2. The maximum absolute atomic E-state index is 13.5. The first-order valence-electron chi connectivity index (χ1n) is 11.5. The van der Waals surface area contributed by atoms with Crippen molar-refractivity contribution in [2.75, 3.05) is 18.5 Å². The summed E-state index contributed by atoms with van der Waals surface area (Å²) in [7, 11) is 0. The van der Waals surface area contributed by atoms with Crippen molar-refractivity contribution in [3.05, 3.63) is 29.8 Å². The van der Waals surface area contributed by atoms with Gasteiger partial charge in [-0.2, -0.15) is 0 Å². The van der Waals surface area contributed by atoms with Crippen LogP contribution in [0.4, 0.5) is 5.69 Å². The minimum atomic E-state index is -1.00. The van der Waals surface area contributed by atoms with Crippen LogP contribution in [-0.2, 0) is 28.7 Å². The van der Waals surface area contributed by atoms with Crippen molar-refractivity contribution >= 4 is 41.2 Å². The maximum Gasteiger partial charge on any atom is 0.308 e. The minimum absolute atomic E-state index is 0.0357. The average molecular weight is 485 g/mol. The van der Waals surface area contributed by atoms with Gasteiger partial charge in [0.2, 0.25) is 17.7 Å². The Labute approximate surface area is 201 Å². The molecule has 3 saturated heterocycles. The number of fused-ring (bicyclic) bond motifs is 1. The highest BCUT2D eigenvalue weighted by Crippen LogP contribution is 2.25. The van der Waals surface area contributed by atoms with E-state index < -0.39 is 41.8 Å². The molecule has 0 unspecified atom stereocenters. The molecule has 3 fully saturated rings. The number of rotatable bonds is 5. The third-order valence-corrected chi connectivity index (χ3v) is 6.14. The summed E-state index contributed by atoms with van der Waals surface area (Å²) in [6.45, 7) is 1.73. The van der Waals surface area contributed by atoms with Crippen LogP contribution in [0, 0.1) is 0 Å². The summed E-state index contributed by atoms with van der Waals surface area (Å²) in [6.07, 6.45) is 1.06. The lowest BCUT2D eigenvalue weighted by Crippen LogP contribution is -2.64. The number of esters is 1. The van der Waals surface area contributed by atoms with Crippen LogP contribution in [0.3, 0.4) is 0 Å². The molecule has 0 aliphatic carbocycles. The average Bonchev–Trinajstić information content (AvgIpc) is 3.19. The van der Waals surface area contributed by atoms with Gasteiger partial charge in [-0.25, -0.2) is 5.01 Å². The second-order valence-corrected chi connectivity index (χ2v) is 8.77. The standard InChI is InChI=1S/C23H27N5O7/c1-13(29)24-15-6-4-14(5-7-15)21(32)26-17-8-9-19(30)27-10-2-3-18(28(27)23(17)34)22(33)25-16-11-20(31)35-12-16/h4-7,16-18H,2-3,8-12H2,1H3,(H,24,29)(H,25,33)(H,26,32)/t16-,17-,18-/m0/s1. The number of ether oxygens (including phenoxy) is 1. The van der Waals surface area contributed by atoms with Crippen LogP contribution in [0.25, 0.3) is 0 Å². The van der Waals surface area contributed by atoms with Crippen LogP contribution in [0.15, 0.2) is 24.3 Å². The van der Waals surface area contributed by atoms with Gasteiger partial charge in [-0.3, -0.25) is 33.8 Å². The summed E-state index contributed by atoms with van der Waals surface area (Å²) in [5, 5.41) is 10.5. The number of carbonyl (C=O) groups is 6. The summed E-state index contributed by atoms with van der Waals surface area (Å²) in [5.74, 6) is -2.48. The Bertz CT molecular complexity index is 1060. The molecule has 0 radical (unpaired) electrons. The first-order chi connectivity index (χ1) is 16.7. The molecule has 4 rings (SSSR count). The predicted molar refractivity (Wildman–Crippen MR) is 120 cm³/mol. The zero-order valence-electron chi connectivity index (χ0n) is 19.2. The van der Waals surface area contributed by atoms with E-state index in [1.54, 1.807) is 12.1 Å². The van der Waals surface area contributed by atoms with E-state index in [0.717, 1.165) is 5.01 Å². The number of cyclic esters (lactones) is 1. The number of anilines is 1. The molecule has 0 bridgehead atoms. The predicted octanol–water partition coefficient (Wildman–Crippen LogP) is -0.296. The van der Waals surface area contributed by atoms with Crippen molar-refractivity contribution in [3.8, 4) is 0 Å². The van der Waals surface area contributed by atoms with Gasteiger partial charge in [0.05, 0.1) is 12.5 Å². The van der Waals surface area contributed by atoms with E-state index in [0.29, 0.717) is 25.1 Å². The fourth-order valence-electron chi connectivity index (χ4n) is 4.46. The van der Waals surface area contributed by atoms with Crippen LogP contribution >= 0.6 is 0 Å². The summed E-state index contributed by atoms with van der Waals surface area (Å²) < 4.78 is 4.88. The van der Waals surface area contributed by atoms with Gasteiger partial charge in [0.15, 0.2) is 0 Å². The monoisotopic (exact) mass is 485 g/mol. The number of nitrogens with zero attached hydrogens (tertiary/aromatic N) is 2. The van der Waals surface area contributed by atoms with Gasteiger partial charge in [0.1, 0.15) is 18.7 Å². The van der Waals surface area contributed by atoms with E-state index in [1.807, 2.05) is 0 Å². The molecule has 3 aliphatic rings. The van der Waals surface area contributed by atoms with Crippen molar-refractivity contribution in [2.45, 2.75) is 57.2 Å². The van der Waals surface area contributed by atoms with Gasteiger partial charge in [0, 0.05) is 31.1 Å². The second-order valence-electron chi connectivity index (χ2n) is 8.77. The Balaban J connectivity index is 1.48. The molecule has 3 atom stereocenters. The van der Waals surface area contributed by atoms with Gasteiger partial charge in [-0.05, 0) is 43.5 Å². The Morgan fingerprint density at radius 3 is 2.43 bits per heavy atom. The summed E-state index contributed by atoms with van der Waals surface area (Å²) in [6, 6.07) is 3.74. The molecular formula is C23H27N5O7. The SMILES string of the molecule is CC(=O)Nc1ccc(C(=O)N[C@H]2CCC(=O)N3CCC[C@@H](C(=O)N[C@@H]4COC(=O)C4)N3C2=O)cc1. The Kier molecular flexibility index (Phi) is 6.99. The number of amides is 5. The number of hydrogen-bond donors (Lipinski definition) is 3. The smallest absolute Gasteiger partial charge is 0.308 e. The van der Waals surface area contributed by atoms with Gasteiger partial charge in [0.25, 0.3) is 11.8 Å². The fourth-order valence-corrected chi connectivity index (χ4v) is 4.46. The Hall–Kier alpha value is -3.96. The quantitative estimate of drug-likeness (QED) is 0.484. The van der Waals surface area contributed by atoms with Crippen LogP contribution in [0.2, 0.25) is 0 Å². The Morgan fingerprint density at radius 1 is 1.03 bits per heavy atom. The largest absolute Gasteiger partial charge is 0.463 e. The summed E-state index contributed by atoms with van der Waals surface area (Å²) in [5.41, 5.74) is 0.801. The number of carbonyl (C=O) groups excluding carboxylic acids is 6. The topological polar surface area (TPSA) is 154 Å². The minimum Gasteiger partial charge on any atom is -0.463 e. The van der Waals surface area contributed by atoms with E-state index in [9.17, 15) is 28.8 Å². The van der Waals surface area contributed by atoms with Crippen molar-refractivity contribution in [3.63, 3.8) is 0 Å². The van der Waals surface area contributed by atoms with Crippen molar-refractivity contribution in [1.29, 1.82) is 0 Å². The molecule has 3 aliphatic heterocycles. The molecule has 35 heavy (non-hydrogen) atoms. The lowest BCUT2D eigenvalue weighted by molar-refractivity contribution is -0.176. The molecule has 3 N–H and O–H groups in total. The summed E-state index contributed by atoms with van der Waals surface area (Å²) >= 11 is 0. The van der Waals surface area contributed by atoms with E-state index >= 15 is 0 Å². The molecule has 3 heterocycles. The normalized spacial score (nSPS) is 24.3. The first-order valence-corrected chi connectivity index (χ1v) is 11.5. The molecule has 0 spiro atoms. The molecular weight excluding hydrogens is 458 g/mol. The molecule has 5 amide bonds. The van der Waals surface area contributed by atoms with E-state index in [1.165, 1.54) is 24.1 Å². The van der Waals surface area contributed by atoms with E-state index in [4.69, 9.17) is 4.74 Å². The molecule has 0 aromatic heterocycles. The summed E-state index contributed by atoms with van der Waals surface area (Å²) in [4.78, 5) is 74.6. The molecule has 12 nitrogen and oxygen atoms in total. The zero-order valence-corrected chi connectivity index (χ0v) is 19.2. The van der Waals surface area contributed by atoms with Crippen molar-refractivity contribution in [1.82, 2.24) is 20.7 Å². The van der Waals surface area contributed by atoms with E-state index in [2.05, 4.69) is 16.0 Å². The number of hydrazine groups is 1. The number of benzene rings is 1. The van der Waals surface area contributed by atoms with Crippen LogP contribution in [0.5, 0.6) is 0 Å². The highest BCUT2D eigenvalue weighted by atomic mass is 16.5. The third-order valence-electron chi connectivity index (χ3n) is 6.14. The maximum atomic E-state index is 13.5. The molecule has 1 aromatic carbocycles.